The standard InChI is InChI=1S/C17H12ClFN6O/c18-13-10-24(9-11-4-1-2-5-14(11)19)23-15(13)22-17(26)12-8-21-25-7-3-6-20-16(12)25/h1-8,10H,9H2,(H,22,23,26). The van der Waals surface area contributed by atoms with E-state index in [9.17, 15) is 9.18 Å². The van der Waals surface area contributed by atoms with Crippen molar-refractivity contribution in [2.75, 3.05) is 5.32 Å². The van der Waals surface area contributed by atoms with E-state index in [1.54, 1.807) is 36.7 Å². The van der Waals surface area contributed by atoms with Crippen LogP contribution in [-0.2, 0) is 6.54 Å². The molecule has 0 unspecified atom stereocenters. The van der Waals surface area contributed by atoms with Crippen molar-refractivity contribution in [3.63, 3.8) is 0 Å². The van der Waals surface area contributed by atoms with Gasteiger partial charge in [0.15, 0.2) is 11.5 Å². The van der Waals surface area contributed by atoms with Crippen molar-refractivity contribution in [2.24, 2.45) is 0 Å². The molecule has 1 amide bonds. The molecule has 1 N–H and O–H groups in total. The van der Waals surface area contributed by atoms with Gasteiger partial charge in [-0.1, -0.05) is 29.8 Å². The molecule has 0 aliphatic carbocycles. The average Bonchev–Trinajstić information content (AvgIpc) is 3.21. The van der Waals surface area contributed by atoms with E-state index < -0.39 is 5.91 Å². The van der Waals surface area contributed by atoms with Crippen LogP contribution in [0.5, 0.6) is 0 Å². The molecular weight excluding hydrogens is 359 g/mol. The summed E-state index contributed by atoms with van der Waals surface area (Å²) in [6.45, 7) is 0.195. The second kappa shape index (κ2) is 6.57. The smallest absolute Gasteiger partial charge is 0.262 e. The Bertz CT molecular complexity index is 1110. The van der Waals surface area contributed by atoms with Crippen LogP contribution in [0.2, 0.25) is 5.02 Å². The fourth-order valence-corrected chi connectivity index (χ4v) is 2.72. The summed E-state index contributed by atoms with van der Waals surface area (Å²) in [4.78, 5) is 16.6. The highest BCUT2D eigenvalue weighted by Crippen LogP contribution is 2.21. The lowest BCUT2D eigenvalue weighted by molar-refractivity contribution is 0.102. The first-order chi connectivity index (χ1) is 12.6. The second-order valence-corrected chi connectivity index (χ2v) is 5.92. The van der Waals surface area contributed by atoms with Crippen molar-refractivity contribution in [2.45, 2.75) is 6.54 Å². The Morgan fingerprint density at radius 1 is 1.27 bits per heavy atom. The first-order valence-electron chi connectivity index (χ1n) is 7.68. The van der Waals surface area contributed by atoms with Gasteiger partial charge in [-0.15, -0.1) is 0 Å². The van der Waals surface area contributed by atoms with Crippen LogP contribution >= 0.6 is 11.6 Å². The van der Waals surface area contributed by atoms with E-state index in [1.807, 2.05) is 0 Å². The number of anilines is 1. The van der Waals surface area contributed by atoms with Gasteiger partial charge in [0.25, 0.3) is 5.91 Å². The number of carbonyl (C=O) groups is 1. The molecule has 4 aromatic rings. The lowest BCUT2D eigenvalue weighted by atomic mass is 10.2. The minimum absolute atomic E-state index is 0.184. The van der Waals surface area contributed by atoms with Crippen molar-refractivity contribution in [3.05, 3.63) is 77.1 Å². The quantitative estimate of drug-likeness (QED) is 0.599. The molecule has 0 fully saturated rings. The summed E-state index contributed by atoms with van der Waals surface area (Å²) < 4.78 is 16.7. The Balaban J connectivity index is 1.56. The molecule has 0 atom stereocenters. The average molecular weight is 371 g/mol. The summed E-state index contributed by atoms with van der Waals surface area (Å²) in [5.41, 5.74) is 1.19. The third kappa shape index (κ3) is 3.02. The number of amides is 1. The largest absolute Gasteiger partial charge is 0.304 e. The zero-order valence-corrected chi connectivity index (χ0v) is 14.1. The number of aromatic nitrogens is 5. The van der Waals surface area contributed by atoms with Crippen LogP contribution in [0.15, 0.2) is 55.1 Å². The lowest BCUT2D eigenvalue weighted by Gasteiger charge is -2.03. The Kier molecular flexibility index (Phi) is 4.10. The summed E-state index contributed by atoms with van der Waals surface area (Å²) in [5.74, 6) is -0.581. The molecule has 0 spiro atoms. The minimum Gasteiger partial charge on any atom is -0.304 e. The number of hydrogen-bond acceptors (Lipinski definition) is 4. The maximum atomic E-state index is 13.8. The fourth-order valence-electron chi connectivity index (χ4n) is 2.53. The Morgan fingerprint density at radius 3 is 2.96 bits per heavy atom. The van der Waals surface area contributed by atoms with Gasteiger partial charge < -0.3 is 5.32 Å². The Hall–Kier alpha value is -3.26. The minimum atomic E-state index is -0.434. The molecular formula is C17H12ClFN6O. The van der Waals surface area contributed by atoms with E-state index in [4.69, 9.17) is 11.6 Å². The van der Waals surface area contributed by atoms with E-state index in [0.29, 0.717) is 16.8 Å². The number of carbonyl (C=O) groups excluding carboxylic acids is 1. The van der Waals surface area contributed by atoms with Gasteiger partial charge in [-0.3, -0.25) is 9.48 Å². The van der Waals surface area contributed by atoms with E-state index in [-0.39, 0.29) is 23.2 Å². The third-order valence-electron chi connectivity index (χ3n) is 3.76. The number of fused-ring (bicyclic) bond motifs is 1. The van der Waals surface area contributed by atoms with Crippen LogP contribution < -0.4 is 5.32 Å². The molecule has 0 aliphatic rings. The van der Waals surface area contributed by atoms with Crippen molar-refractivity contribution < 1.29 is 9.18 Å². The van der Waals surface area contributed by atoms with Gasteiger partial charge in [-0.2, -0.15) is 10.2 Å². The molecule has 9 heteroatoms. The van der Waals surface area contributed by atoms with Gasteiger partial charge in [-0.25, -0.2) is 13.9 Å². The highest BCUT2D eigenvalue weighted by Gasteiger charge is 2.17. The van der Waals surface area contributed by atoms with E-state index in [1.165, 1.54) is 27.7 Å². The molecule has 1 aromatic carbocycles. The van der Waals surface area contributed by atoms with Crippen molar-refractivity contribution in [1.29, 1.82) is 0 Å². The van der Waals surface area contributed by atoms with Gasteiger partial charge >= 0.3 is 0 Å². The molecule has 130 valence electrons. The second-order valence-electron chi connectivity index (χ2n) is 5.51. The van der Waals surface area contributed by atoms with Crippen LogP contribution in [0.25, 0.3) is 5.65 Å². The Labute approximate surface area is 152 Å². The van der Waals surface area contributed by atoms with Crippen molar-refractivity contribution >= 4 is 29.0 Å². The number of nitrogens with one attached hydrogen (secondary N) is 1. The molecule has 3 heterocycles. The lowest BCUT2D eigenvalue weighted by Crippen LogP contribution is -2.13. The number of rotatable bonds is 4. The van der Waals surface area contributed by atoms with E-state index >= 15 is 0 Å². The number of benzene rings is 1. The monoisotopic (exact) mass is 370 g/mol. The van der Waals surface area contributed by atoms with Gasteiger partial charge in [-0.05, 0) is 12.1 Å². The van der Waals surface area contributed by atoms with Crippen LogP contribution in [0.4, 0.5) is 10.2 Å². The van der Waals surface area contributed by atoms with Crippen LogP contribution in [0, 0.1) is 5.82 Å². The fraction of sp³-hybridized carbons (Fsp3) is 0.0588. The predicted octanol–water partition coefficient (Wildman–Crippen LogP) is 3.02. The van der Waals surface area contributed by atoms with Crippen molar-refractivity contribution in [3.8, 4) is 0 Å². The van der Waals surface area contributed by atoms with Gasteiger partial charge in [0, 0.05) is 24.2 Å². The van der Waals surface area contributed by atoms with Gasteiger partial charge in [0.05, 0.1) is 12.7 Å². The maximum absolute atomic E-state index is 13.8. The summed E-state index contributed by atoms with van der Waals surface area (Å²) >= 11 is 6.15. The predicted molar refractivity (Wildman–Crippen MR) is 93.7 cm³/mol. The van der Waals surface area contributed by atoms with Crippen molar-refractivity contribution in [1.82, 2.24) is 24.4 Å². The molecule has 26 heavy (non-hydrogen) atoms. The summed E-state index contributed by atoms with van der Waals surface area (Å²) in [7, 11) is 0. The first kappa shape index (κ1) is 16.2. The highest BCUT2D eigenvalue weighted by atomic mass is 35.5. The van der Waals surface area contributed by atoms with Crippen LogP contribution in [0.3, 0.4) is 0 Å². The number of nitrogens with zero attached hydrogens (tertiary/aromatic N) is 5. The normalized spacial score (nSPS) is 11.0. The van der Waals surface area contributed by atoms with E-state index in [0.717, 1.165) is 0 Å². The van der Waals surface area contributed by atoms with Gasteiger partial charge in [0.2, 0.25) is 0 Å². The zero-order chi connectivity index (χ0) is 18.1. The maximum Gasteiger partial charge on any atom is 0.262 e. The first-order valence-corrected chi connectivity index (χ1v) is 8.05. The molecule has 0 saturated heterocycles. The SMILES string of the molecule is O=C(Nc1nn(Cc2ccccc2F)cc1Cl)c1cnn2cccnc12. The highest BCUT2D eigenvalue weighted by molar-refractivity contribution is 6.33. The van der Waals surface area contributed by atoms with Crippen LogP contribution in [0.1, 0.15) is 15.9 Å². The molecule has 3 aromatic heterocycles. The topological polar surface area (TPSA) is 77.1 Å². The molecule has 0 bridgehead atoms. The summed E-state index contributed by atoms with van der Waals surface area (Å²) in [6.07, 6.45) is 6.21. The summed E-state index contributed by atoms with van der Waals surface area (Å²) in [5, 5.41) is 11.2. The zero-order valence-electron chi connectivity index (χ0n) is 13.3. The molecule has 7 nitrogen and oxygen atoms in total. The molecule has 0 aliphatic heterocycles. The van der Waals surface area contributed by atoms with Gasteiger partial charge in [0.1, 0.15) is 16.4 Å². The number of hydrogen-bond donors (Lipinski definition) is 1. The molecule has 4 rings (SSSR count). The van der Waals surface area contributed by atoms with E-state index in [2.05, 4.69) is 20.5 Å². The summed E-state index contributed by atoms with van der Waals surface area (Å²) in [6, 6.07) is 8.10. The molecule has 0 saturated carbocycles. The Morgan fingerprint density at radius 2 is 2.12 bits per heavy atom. The third-order valence-corrected chi connectivity index (χ3v) is 4.04. The number of halogens is 2. The molecule has 0 radical (unpaired) electrons. The van der Waals surface area contributed by atoms with Crippen LogP contribution in [-0.4, -0.2) is 30.3 Å².